The molecule has 150 valence electrons. The maximum atomic E-state index is 13.0. The Kier molecular flexibility index (Phi) is 7.16. The molecule has 1 fully saturated rings. The molecular weight excluding hydrogens is 379 g/mol. The van der Waals surface area contributed by atoms with Crippen LogP contribution < -0.4 is 5.32 Å². The summed E-state index contributed by atoms with van der Waals surface area (Å²) < 4.78 is 39.0. The number of alkyl halides is 3. The first-order chi connectivity index (χ1) is 12.6. The molecule has 1 saturated heterocycles. The van der Waals surface area contributed by atoms with Crippen molar-refractivity contribution in [1.29, 1.82) is 0 Å². The highest BCUT2D eigenvalue weighted by Gasteiger charge is 2.39. The number of nitrogens with one attached hydrogen (secondary N) is 1. The molecule has 0 unspecified atom stereocenters. The van der Waals surface area contributed by atoms with Crippen molar-refractivity contribution in [2.45, 2.75) is 30.1 Å². The van der Waals surface area contributed by atoms with Crippen molar-refractivity contribution in [2.75, 3.05) is 33.7 Å². The van der Waals surface area contributed by atoms with Gasteiger partial charge in [-0.2, -0.15) is 13.2 Å². The van der Waals surface area contributed by atoms with Gasteiger partial charge >= 0.3 is 6.18 Å². The molecule has 0 bridgehead atoms. The van der Waals surface area contributed by atoms with Crippen LogP contribution in [0.4, 0.5) is 13.2 Å². The smallest absolute Gasteiger partial charge is 0.355 e. The van der Waals surface area contributed by atoms with E-state index in [1.54, 1.807) is 13.0 Å². The Balaban J connectivity index is 2.06. The predicted octanol–water partition coefficient (Wildman–Crippen LogP) is 2.74. The standard InChI is InChI=1S/C18H24F3N3O2S/c1-12-16(26)24(9-7-15(25)22-8-10-23(2)3)17(27-12)13-5-4-6-14(11-13)18(19,20)21/h4-6,11-12,17H,7-10H2,1-3H3,(H,22,25)/t12-,17+/m1/s1. The van der Waals surface area contributed by atoms with E-state index in [9.17, 15) is 22.8 Å². The Hall–Kier alpha value is -1.74. The molecule has 0 aliphatic carbocycles. The van der Waals surface area contributed by atoms with Crippen LogP contribution in [0.1, 0.15) is 29.8 Å². The van der Waals surface area contributed by atoms with Crippen molar-refractivity contribution < 1.29 is 22.8 Å². The van der Waals surface area contributed by atoms with Crippen LogP contribution >= 0.6 is 11.8 Å². The Morgan fingerprint density at radius 3 is 2.67 bits per heavy atom. The quantitative estimate of drug-likeness (QED) is 0.761. The van der Waals surface area contributed by atoms with Crippen molar-refractivity contribution in [3.8, 4) is 0 Å². The zero-order chi connectivity index (χ0) is 20.2. The first-order valence-electron chi connectivity index (χ1n) is 8.64. The fourth-order valence-corrected chi connectivity index (χ4v) is 4.06. The topological polar surface area (TPSA) is 52.7 Å². The van der Waals surface area contributed by atoms with Crippen molar-refractivity contribution in [1.82, 2.24) is 15.1 Å². The SMILES string of the molecule is C[C@H]1S[C@@H](c2cccc(C(F)(F)F)c2)N(CCC(=O)NCCN(C)C)C1=O. The monoisotopic (exact) mass is 403 g/mol. The van der Waals surface area contributed by atoms with Gasteiger partial charge in [0.15, 0.2) is 0 Å². The molecule has 0 aromatic heterocycles. The fraction of sp³-hybridized carbons (Fsp3) is 0.556. The average Bonchev–Trinajstić information content (AvgIpc) is 2.87. The number of amides is 2. The van der Waals surface area contributed by atoms with Crippen LogP contribution in [-0.2, 0) is 15.8 Å². The van der Waals surface area contributed by atoms with Gasteiger partial charge in [0.25, 0.3) is 0 Å². The first-order valence-corrected chi connectivity index (χ1v) is 9.58. The number of rotatable bonds is 7. The van der Waals surface area contributed by atoms with E-state index in [1.807, 2.05) is 19.0 Å². The normalized spacial score (nSPS) is 20.4. The number of hydrogen-bond donors (Lipinski definition) is 1. The number of benzene rings is 1. The minimum Gasteiger partial charge on any atom is -0.355 e. The number of carbonyl (C=O) groups is 2. The Morgan fingerprint density at radius 2 is 2.04 bits per heavy atom. The van der Waals surface area contributed by atoms with Crippen LogP contribution in [0.5, 0.6) is 0 Å². The van der Waals surface area contributed by atoms with Gasteiger partial charge in [0.05, 0.1) is 10.8 Å². The Labute approximate surface area is 161 Å². The van der Waals surface area contributed by atoms with Crippen LogP contribution in [0, 0.1) is 0 Å². The van der Waals surface area contributed by atoms with Crippen molar-refractivity contribution in [3.05, 3.63) is 35.4 Å². The van der Waals surface area contributed by atoms with Crippen LogP contribution in [0.25, 0.3) is 0 Å². The van der Waals surface area contributed by atoms with E-state index in [-0.39, 0.29) is 30.0 Å². The summed E-state index contributed by atoms with van der Waals surface area (Å²) in [5.41, 5.74) is -0.325. The van der Waals surface area contributed by atoms with E-state index in [4.69, 9.17) is 0 Å². The van der Waals surface area contributed by atoms with Gasteiger partial charge in [0.1, 0.15) is 5.37 Å². The minimum atomic E-state index is -4.44. The number of hydrogen-bond acceptors (Lipinski definition) is 4. The van der Waals surface area contributed by atoms with Crippen molar-refractivity contribution >= 4 is 23.6 Å². The summed E-state index contributed by atoms with van der Waals surface area (Å²) >= 11 is 1.30. The maximum absolute atomic E-state index is 13.0. The van der Waals surface area contributed by atoms with Crippen LogP contribution in [0.3, 0.4) is 0 Å². The van der Waals surface area contributed by atoms with Crippen molar-refractivity contribution in [2.24, 2.45) is 0 Å². The number of thioether (sulfide) groups is 1. The molecule has 1 aliphatic rings. The lowest BCUT2D eigenvalue weighted by atomic mass is 10.1. The largest absolute Gasteiger partial charge is 0.416 e. The second-order valence-corrected chi connectivity index (χ2v) is 8.11. The highest BCUT2D eigenvalue weighted by atomic mass is 32.2. The summed E-state index contributed by atoms with van der Waals surface area (Å²) in [4.78, 5) is 27.8. The lowest BCUT2D eigenvalue weighted by Crippen LogP contribution is -2.36. The average molecular weight is 403 g/mol. The van der Waals surface area contributed by atoms with Gasteiger partial charge in [-0.15, -0.1) is 11.8 Å². The molecule has 27 heavy (non-hydrogen) atoms. The first kappa shape index (κ1) is 21.6. The number of halogens is 3. The molecule has 5 nitrogen and oxygen atoms in total. The van der Waals surface area contributed by atoms with E-state index >= 15 is 0 Å². The van der Waals surface area contributed by atoms with Gasteiger partial charge in [-0.25, -0.2) is 0 Å². The molecule has 1 aliphatic heterocycles. The second kappa shape index (κ2) is 8.97. The Bertz CT molecular complexity index is 682. The molecule has 0 spiro atoms. The third-order valence-corrected chi connectivity index (χ3v) is 5.60. The van der Waals surface area contributed by atoms with E-state index in [0.717, 1.165) is 12.1 Å². The van der Waals surface area contributed by atoms with E-state index in [0.29, 0.717) is 18.7 Å². The summed E-state index contributed by atoms with van der Waals surface area (Å²) in [6.45, 7) is 3.10. The minimum absolute atomic E-state index is 0.113. The number of nitrogens with zero attached hydrogens (tertiary/aromatic N) is 2. The number of likely N-dealkylation sites (N-methyl/N-ethyl adjacent to an activating group) is 1. The zero-order valence-electron chi connectivity index (χ0n) is 15.5. The highest BCUT2D eigenvalue weighted by molar-refractivity contribution is 8.01. The van der Waals surface area contributed by atoms with Crippen LogP contribution in [0.2, 0.25) is 0 Å². The lowest BCUT2D eigenvalue weighted by molar-refractivity contribution is -0.137. The second-order valence-electron chi connectivity index (χ2n) is 6.69. The molecule has 1 heterocycles. The van der Waals surface area contributed by atoms with Gasteiger partial charge in [-0.3, -0.25) is 9.59 Å². The van der Waals surface area contributed by atoms with E-state index in [1.165, 1.54) is 22.7 Å². The maximum Gasteiger partial charge on any atom is 0.416 e. The summed E-state index contributed by atoms with van der Waals surface area (Å²) in [5.74, 6) is -0.347. The molecule has 0 radical (unpaired) electrons. The molecule has 9 heteroatoms. The molecule has 2 amide bonds. The predicted molar refractivity (Wildman–Crippen MR) is 99.1 cm³/mol. The number of carbonyl (C=O) groups excluding carboxylic acids is 2. The van der Waals surface area contributed by atoms with Gasteiger partial charge in [0.2, 0.25) is 11.8 Å². The zero-order valence-corrected chi connectivity index (χ0v) is 16.4. The van der Waals surface area contributed by atoms with Crippen molar-refractivity contribution in [3.63, 3.8) is 0 Å². The van der Waals surface area contributed by atoms with E-state index < -0.39 is 17.1 Å². The van der Waals surface area contributed by atoms with Crippen LogP contribution in [0.15, 0.2) is 24.3 Å². The molecule has 1 aromatic rings. The summed E-state index contributed by atoms with van der Waals surface area (Å²) in [6.07, 6.45) is -4.33. The molecule has 1 N–H and O–H groups in total. The molecule has 0 saturated carbocycles. The third-order valence-electron chi connectivity index (χ3n) is 4.21. The van der Waals surface area contributed by atoms with Gasteiger partial charge < -0.3 is 15.1 Å². The lowest BCUT2D eigenvalue weighted by Gasteiger charge is -2.24. The fourth-order valence-electron chi connectivity index (χ4n) is 2.76. The molecule has 1 aromatic carbocycles. The summed E-state index contributed by atoms with van der Waals surface area (Å²) in [6, 6.07) is 5.02. The molecule has 2 atom stereocenters. The van der Waals surface area contributed by atoms with Gasteiger partial charge in [-0.1, -0.05) is 12.1 Å². The Morgan fingerprint density at radius 1 is 1.33 bits per heavy atom. The summed E-state index contributed by atoms with van der Waals surface area (Å²) in [7, 11) is 3.79. The van der Waals surface area contributed by atoms with E-state index in [2.05, 4.69) is 5.32 Å². The van der Waals surface area contributed by atoms with Gasteiger partial charge in [-0.05, 0) is 38.7 Å². The molecular formula is C18H24F3N3O2S. The van der Waals surface area contributed by atoms with Gasteiger partial charge in [0, 0.05) is 26.1 Å². The highest BCUT2D eigenvalue weighted by Crippen LogP contribution is 2.44. The van der Waals surface area contributed by atoms with Crippen LogP contribution in [-0.4, -0.2) is 60.6 Å². The summed E-state index contributed by atoms with van der Waals surface area (Å²) in [5, 5.41) is 1.89. The molecule has 2 rings (SSSR count). The third kappa shape index (κ3) is 5.87.